The predicted octanol–water partition coefficient (Wildman–Crippen LogP) is 0.719. The summed E-state index contributed by atoms with van der Waals surface area (Å²) in [6.07, 6.45) is 3.67. The van der Waals surface area contributed by atoms with Gasteiger partial charge in [0.1, 0.15) is 0 Å². The quantitative estimate of drug-likeness (QED) is 0.636. The number of carbonyl (C=O) groups excluding carboxylic acids is 1. The second-order valence-corrected chi connectivity index (χ2v) is 3.52. The standard InChI is InChI=1S/C9H15NO3/c11-9(10-4-2-6-13-10)7-8-3-1-5-12-8/h8H,1-7H2. The maximum atomic E-state index is 11.5. The van der Waals surface area contributed by atoms with E-state index in [1.807, 2.05) is 0 Å². The molecule has 4 nitrogen and oxygen atoms in total. The Bertz CT molecular complexity index is 183. The van der Waals surface area contributed by atoms with Crippen LogP contribution in [-0.2, 0) is 14.4 Å². The summed E-state index contributed by atoms with van der Waals surface area (Å²) in [6, 6.07) is 0. The van der Waals surface area contributed by atoms with Gasteiger partial charge in [-0.25, -0.2) is 5.06 Å². The van der Waals surface area contributed by atoms with E-state index in [0.29, 0.717) is 13.0 Å². The second kappa shape index (κ2) is 4.07. The summed E-state index contributed by atoms with van der Waals surface area (Å²) >= 11 is 0. The number of hydroxylamine groups is 2. The van der Waals surface area contributed by atoms with Crippen molar-refractivity contribution in [3.63, 3.8) is 0 Å². The molecule has 0 aromatic rings. The summed E-state index contributed by atoms with van der Waals surface area (Å²) in [5, 5.41) is 1.47. The van der Waals surface area contributed by atoms with Crippen LogP contribution in [0.3, 0.4) is 0 Å². The minimum absolute atomic E-state index is 0.0735. The Morgan fingerprint density at radius 2 is 2.31 bits per heavy atom. The smallest absolute Gasteiger partial charge is 0.248 e. The van der Waals surface area contributed by atoms with Crippen molar-refractivity contribution >= 4 is 5.91 Å². The van der Waals surface area contributed by atoms with Crippen LogP contribution in [-0.4, -0.2) is 36.8 Å². The SMILES string of the molecule is O=C(CC1CCCO1)N1CCCO1. The molecular weight excluding hydrogens is 170 g/mol. The molecule has 0 aromatic heterocycles. The molecule has 13 heavy (non-hydrogen) atoms. The Balaban J connectivity index is 1.76. The van der Waals surface area contributed by atoms with Gasteiger partial charge in [-0.15, -0.1) is 0 Å². The fraction of sp³-hybridized carbons (Fsp3) is 0.889. The Morgan fingerprint density at radius 1 is 1.38 bits per heavy atom. The van der Waals surface area contributed by atoms with Crippen molar-refractivity contribution in [1.82, 2.24) is 5.06 Å². The van der Waals surface area contributed by atoms with Crippen LogP contribution < -0.4 is 0 Å². The summed E-state index contributed by atoms with van der Waals surface area (Å²) < 4.78 is 5.38. The number of amides is 1. The zero-order chi connectivity index (χ0) is 9.10. The van der Waals surface area contributed by atoms with Gasteiger partial charge in [-0.1, -0.05) is 0 Å². The van der Waals surface area contributed by atoms with E-state index >= 15 is 0 Å². The summed E-state index contributed by atoms with van der Waals surface area (Å²) in [5.74, 6) is 0.0735. The van der Waals surface area contributed by atoms with E-state index in [2.05, 4.69) is 0 Å². The van der Waals surface area contributed by atoms with Crippen molar-refractivity contribution in [3.8, 4) is 0 Å². The van der Waals surface area contributed by atoms with Gasteiger partial charge in [-0.05, 0) is 19.3 Å². The fourth-order valence-corrected chi connectivity index (χ4v) is 1.75. The molecule has 0 aliphatic carbocycles. The molecule has 1 atom stereocenters. The molecule has 4 heteroatoms. The first-order chi connectivity index (χ1) is 6.36. The van der Waals surface area contributed by atoms with Crippen LogP contribution in [0.25, 0.3) is 0 Å². The number of hydrogen-bond acceptors (Lipinski definition) is 3. The number of carbonyl (C=O) groups is 1. The van der Waals surface area contributed by atoms with Crippen LogP contribution in [0.15, 0.2) is 0 Å². The first-order valence-corrected chi connectivity index (χ1v) is 4.91. The fourth-order valence-electron chi connectivity index (χ4n) is 1.75. The molecule has 0 aromatic carbocycles. The Kier molecular flexibility index (Phi) is 2.80. The zero-order valence-electron chi connectivity index (χ0n) is 7.70. The van der Waals surface area contributed by atoms with Crippen molar-refractivity contribution in [3.05, 3.63) is 0 Å². The van der Waals surface area contributed by atoms with E-state index in [1.54, 1.807) is 0 Å². The third-order valence-electron chi connectivity index (χ3n) is 2.46. The van der Waals surface area contributed by atoms with E-state index in [4.69, 9.17) is 9.57 Å². The average molecular weight is 185 g/mol. The number of ether oxygens (including phenoxy) is 1. The van der Waals surface area contributed by atoms with Gasteiger partial charge in [0.25, 0.3) is 0 Å². The second-order valence-electron chi connectivity index (χ2n) is 3.52. The first kappa shape index (κ1) is 8.97. The molecule has 74 valence electrons. The minimum Gasteiger partial charge on any atom is -0.378 e. The summed E-state index contributed by atoms with van der Waals surface area (Å²) in [4.78, 5) is 16.7. The molecule has 0 saturated carbocycles. The number of nitrogens with zero attached hydrogens (tertiary/aromatic N) is 1. The summed E-state index contributed by atoms with van der Waals surface area (Å²) in [6.45, 7) is 2.22. The molecule has 2 heterocycles. The lowest BCUT2D eigenvalue weighted by Crippen LogP contribution is -2.29. The van der Waals surface area contributed by atoms with Crippen molar-refractivity contribution in [2.45, 2.75) is 31.8 Å². The molecule has 2 aliphatic heterocycles. The molecule has 2 rings (SSSR count). The molecule has 0 radical (unpaired) electrons. The predicted molar refractivity (Wildman–Crippen MR) is 45.9 cm³/mol. The lowest BCUT2D eigenvalue weighted by molar-refractivity contribution is -0.170. The van der Waals surface area contributed by atoms with Crippen LogP contribution in [0.1, 0.15) is 25.7 Å². The van der Waals surface area contributed by atoms with E-state index in [1.165, 1.54) is 5.06 Å². The van der Waals surface area contributed by atoms with Crippen LogP contribution in [0.2, 0.25) is 0 Å². The summed E-state index contributed by atoms with van der Waals surface area (Å²) in [7, 11) is 0. The van der Waals surface area contributed by atoms with E-state index in [9.17, 15) is 4.79 Å². The molecule has 0 spiro atoms. The monoisotopic (exact) mass is 185 g/mol. The Labute approximate surface area is 77.7 Å². The van der Waals surface area contributed by atoms with E-state index in [0.717, 1.165) is 32.4 Å². The maximum Gasteiger partial charge on any atom is 0.248 e. The first-order valence-electron chi connectivity index (χ1n) is 4.91. The highest BCUT2D eigenvalue weighted by Crippen LogP contribution is 2.17. The molecule has 0 bridgehead atoms. The zero-order valence-corrected chi connectivity index (χ0v) is 7.70. The maximum absolute atomic E-state index is 11.5. The average Bonchev–Trinajstić information content (AvgIpc) is 2.74. The van der Waals surface area contributed by atoms with Crippen LogP contribution >= 0.6 is 0 Å². The van der Waals surface area contributed by atoms with Gasteiger partial charge in [0.2, 0.25) is 5.91 Å². The highest BCUT2D eigenvalue weighted by atomic mass is 16.7. The van der Waals surface area contributed by atoms with E-state index < -0.39 is 0 Å². The van der Waals surface area contributed by atoms with Crippen LogP contribution in [0.5, 0.6) is 0 Å². The van der Waals surface area contributed by atoms with Crippen molar-refractivity contribution in [1.29, 1.82) is 0 Å². The molecular formula is C9H15NO3. The lowest BCUT2D eigenvalue weighted by Gasteiger charge is -2.16. The molecule has 1 unspecified atom stereocenters. The van der Waals surface area contributed by atoms with Gasteiger partial charge in [-0.2, -0.15) is 0 Å². The van der Waals surface area contributed by atoms with Gasteiger partial charge in [-0.3, -0.25) is 9.63 Å². The van der Waals surface area contributed by atoms with Gasteiger partial charge >= 0.3 is 0 Å². The topological polar surface area (TPSA) is 38.8 Å². The largest absolute Gasteiger partial charge is 0.378 e. The van der Waals surface area contributed by atoms with E-state index in [-0.39, 0.29) is 12.0 Å². The molecule has 0 N–H and O–H groups in total. The van der Waals surface area contributed by atoms with Gasteiger partial charge < -0.3 is 4.74 Å². The van der Waals surface area contributed by atoms with Gasteiger partial charge in [0.15, 0.2) is 0 Å². The third kappa shape index (κ3) is 2.19. The molecule has 2 aliphatic rings. The van der Waals surface area contributed by atoms with Gasteiger partial charge in [0.05, 0.1) is 25.7 Å². The van der Waals surface area contributed by atoms with Crippen molar-refractivity contribution < 1.29 is 14.4 Å². The Hall–Kier alpha value is -0.610. The molecule has 2 saturated heterocycles. The number of rotatable bonds is 2. The third-order valence-corrected chi connectivity index (χ3v) is 2.46. The lowest BCUT2D eigenvalue weighted by atomic mass is 10.2. The normalized spacial score (nSPS) is 28.3. The summed E-state index contributed by atoms with van der Waals surface area (Å²) in [5.41, 5.74) is 0. The van der Waals surface area contributed by atoms with Gasteiger partial charge in [0, 0.05) is 6.61 Å². The van der Waals surface area contributed by atoms with Crippen LogP contribution in [0, 0.1) is 0 Å². The van der Waals surface area contributed by atoms with Crippen LogP contribution in [0.4, 0.5) is 0 Å². The van der Waals surface area contributed by atoms with Crippen molar-refractivity contribution in [2.75, 3.05) is 19.8 Å². The highest BCUT2D eigenvalue weighted by molar-refractivity contribution is 5.75. The molecule has 1 amide bonds. The number of hydrogen-bond donors (Lipinski definition) is 0. The molecule has 2 fully saturated rings. The minimum atomic E-state index is 0.0735. The van der Waals surface area contributed by atoms with Crippen molar-refractivity contribution in [2.24, 2.45) is 0 Å². The highest BCUT2D eigenvalue weighted by Gasteiger charge is 2.25. The Morgan fingerprint density at radius 3 is 2.92 bits per heavy atom.